The largest absolute Gasteiger partial charge is 0.392 e. The molecule has 3 rings (SSSR count). The Bertz CT molecular complexity index is 941. The summed E-state index contributed by atoms with van der Waals surface area (Å²) < 4.78 is 0. The van der Waals surface area contributed by atoms with Crippen molar-refractivity contribution in [1.82, 2.24) is 4.98 Å². The number of nitrogen functional groups attached to an aromatic ring is 1. The number of thiazole rings is 1. The van der Waals surface area contributed by atoms with Crippen LogP contribution in [-0.4, -0.2) is 15.9 Å². The lowest BCUT2D eigenvalue weighted by Crippen LogP contribution is -2.02. The number of carbonyl (C=O) groups excluding carboxylic acids is 1. The van der Waals surface area contributed by atoms with Gasteiger partial charge < -0.3 is 16.2 Å². The highest BCUT2D eigenvalue weighted by molar-refractivity contribution is 7.18. The van der Waals surface area contributed by atoms with Crippen LogP contribution in [0.5, 0.6) is 0 Å². The second-order valence-corrected chi connectivity index (χ2v) is 6.23. The van der Waals surface area contributed by atoms with Crippen molar-refractivity contribution in [2.24, 2.45) is 0 Å². The summed E-state index contributed by atoms with van der Waals surface area (Å²) in [4.78, 5) is 17.1. The minimum absolute atomic E-state index is 0.0201. The van der Waals surface area contributed by atoms with Crippen molar-refractivity contribution in [2.75, 3.05) is 11.1 Å². The molecule has 7 heteroatoms. The minimum Gasteiger partial charge on any atom is -0.392 e. The molecule has 0 aliphatic carbocycles. The van der Waals surface area contributed by atoms with E-state index >= 15 is 0 Å². The molecule has 0 bridgehead atoms. The van der Waals surface area contributed by atoms with E-state index < -0.39 is 0 Å². The quantitative estimate of drug-likeness (QED) is 0.610. The van der Waals surface area contributed by atoms with E-state index in [0.29, 0.717) is 21.1 Å². The molecule has 0 aliphatic heterocycles. The maximum Gasteiger partial charge on any atom is 0.206 e. The van der Waals surface area contributed by atoms with Crippen LogP contribution in [0.25, 0.3) is 0 Å². The van der Waals surface area contributed by atoms with Gasteiger partial charge in [-0.2, -0.15) is 5.26 Å². The molecule has 1 aromatic heterocycles. The Morgan fingerprint density at radius 2 is 1.88 bits per heavy atom. The highest BCUT2D eigenvalue weighted by Crippen LogP contribution is 2.29. The summed E-state index contributed by atoms with van der Waals surface area (Å²) in [5, 5.41) is 21.5. The molecule has 0 unspecified atom stereocenters. The van der Waals surface area contributed by atoms with Gasteiger partial charge in [-0.3, -0.25) is 4.79 Å². The van der Waals surface area contributed by atoms with Crippen LogP contribution in [-0.2, 0) is 6.61 Å². The number of aliphatic hydroxyl groups excluding tert-OH is 1. The van der Waals surface area contributed by atoms with Crippen molar-refractivity contribution in [2.45, 2.75) is 6.61 Å². The molecule has 0 radical (unpaired) electrons. The van der Waals surface area contributed by atoms with Crippen LogP contribution in [0.1, 0.15) is 26.4 Å². The molecule has 0 saturated carbocycles. The van der Waals surface area contributed by atoms with Gasteiger partial charge in [0.15, 0.2) is 5.13 Å². The van der Waals surface area contributed by atoms with Gasteiger partial charge in [0.25, 0.3) is 0 Å². The smallest absolute Gasteiger partial charge is 0.206 e. The maximum absolute atomic E-state index is 12.6. The summed E-state index contributed by atoms with van der Waals surface area (Å²) in [5.41, 5.74) is 8.42. The Morgan fingerprint density at radius 1 is 1.20 bits per heavy atom. The van der Waals surface area contributed by atoms with Crippen molar-refractivity contribution in [3.8, 4) is 6.07 Å². The number of aliphatic hydroxyl groups is 1. The standard InChI is InChI=1S/C18H14N4O2S/c19-9-11-1-5-13(6-2-11)15(24)16-17(20)22-18(25-16)21-14-7-3-12(10-23)4-8-14/h1-8,23H,10,20H2,(H,21,22). The number of anilines is 3. The van der Waals surface area contributed by atoms with Crippen LogP contribution >= 0.6 is 11.3 Å². The van der Waals surface area contributed by atoms with Gasteiger partial charge in [-0.05, 0) is 42.0 Å². The van der Waals surface area contributed by atoms with Crippen LogP contribution in [0.2, 0.25) is 0 Å². The van der Waals surface area contributed by atoms with Gasteiger partial charge in [-0.1, -0.05) is 23.5 Å². The molecule has 0 spiro atoms. The molecule has 3 aromatic rings. The van der Waals surface area contributed by atoms with Crippen LogP contribution in [0, 0.1) is 11.3 Å². The third-order valence-corrected chi connectivity index (χ3v) is 4.51. The van der Waals surface area contributed by atoms with E-state index in [1.165, 1.54) is 11.3 Å². The fraction of sp³-hybridized carbons (Fsp3) is 0.0556. The number of aromatic nitrogens is 1. The average Bonchev–Trinajstić information content (AvgIpc) is 3.02. The van der Waals surface area contributed by atoms with Gasteiger partial charge in [-0.25, -0.2) is 4.98 Å². The van der Waals surface area contributed by atoms with Gasteiger partial charge in [-0.15, -0.1) is 0 Å². The first-order valence-electron chi connectivity index (χ1n) is 7.38. The number of rotatable bonds is 5. The number of ketones is 1. The minimum atomic E-state index is -0.233. The summed E-state index contributed by atoms with van der Waals surface area (Å²) in [6.45, 7) is -0.0201. The fourth-order valence-electron chi connectivity index (χ4n) is 2.19. The zero-order chi connectivity index (χ0) is 17.8. The molecule has 0 fully saturated rings. The summed E-state index contributed by atoms with van der Waals surface area (Å²) in [6.07, 6.45) is 0. The molecule has 2 aromatic carbocycles. The lowest BCUT2D eigenvalue weighted by Gasteiger charge is -2.03. The lowest BCUT2D eigenvalue weighted by molar-refractivity contribution is 0.104. The zero-order valence-electron chi connectivity index (χ0n) is 13.1. The predicted molar refractivity (Wildman–Crippen MR) is 96.8 cm³/mol. The van der Waals surface area contributed by atoms with Gasteiger partial charge in [0.2, 0.25) is 5.78 Å². The van der Waals surface area contributed by atoms with Crippen LogP contribution in [0.15, 0.2) is 48.5 Å². The third-order valence-electron chi connectivity index (χ3n) is 3.52. The molecule has 4 N–H and O–H groups in total. The van der Waals surface area contributed by atoms with E-state index in [9.17, 15) is 4.79 Å². The number of nitrogens with zero attached hydrogens (tertiary/aromatic N) is 2. The molecular weight excluding hydrogens is 336 g/mol. The summed E-state index contributed by atoms with van der Waals surface area (Å²) in [5.74, 6) is -0.0722. The first-order chi connectivity index (χ1) is 12.1. The highest BCUT2D eigenvalue weighted by Gasteiger charge is 2.18. The van der Waals surface area contributed by atoms with Crippen molar-refractivity contribution in [3.05, 3.63) is 70.1 Å². The fourth-order valence-corrected chi connectivity index (χ4v) is 3.06. The highest BCUT2D eigenvalue weighted by atomic mass is 32.1. The normalized spacial score (nSPS) is 10.2. The molecule has 124 valence electrons. The molecule has 0 atom stereocenters. The molecule has 0 amide bonds. The Kier molecular flexibility index (Phi) is 4.75. The van der Waals surface area contributed by atoms with Gasteiger partial charge >= 0.3 is 0 Å². The number of hydrogen-bond acceptors (Lipinski definition) is 7. The monoisotopic (exact) mass is 350 g/mol. The first-order valence-corrected chi connectivity index (χ1v) is 8.20. The van der Waals surface area contributed by atoms with Crippen molar-refractivity contribution in [3.63, 3.8) is 0 Å². The molecule has 25 heavy (non-hydrogen) atoms. The molecule has 0 aliphatic rings. The predicted octanol–water partition coefficient (Wildman–Crippen LogP) is 3.06. The van der Waals surface area contributed by atoms with Gasteiger partial charge in [0.05, 0.1) is 18.2 Å². The molecule has 0 saturated heterocycles. The third kappa shape index (κ3) is 3.66. The summed E-state index contributed by atoms with van der Waals surface area (Å²) in [6, 6.07) is 15.6. The molecular formula is C18H14N4O2S. The second kappa shape index (κ2) is 7.13. The Balaban J connectivity index is 1.81. The Labute approximate surface area is 148 Å². The second-order valence-electron chi connectivity index (χ2n) is 5.23. The van der Waals surface area contributed by atoms with Crippen LogP contribution in [0.3, 0.4) is 0 Å². The topological polar surface area (TPSA) is 112 Å². The van der Waals surface area contributed by atoms with Gasteiger partial charge in [0.1, 0.15) is 10.7 Å². The Morgan fingerprint density at radius 3 is 2.48 bits per heavy atom. The number of carbonyl (C=O) groups is 1. The lowest BCUT2D eigenvalue weighted by atomic mass is 10.1. The number of nitriles is 1. The Hall–Kier alpha value is -3.21. The average molecular weight is 350 g/mol. The van der Waals surface area contributed by atoms with Gasteiger partial charge in [0, 0.05) is 11.3 Å². The summed E-state index contributed by atoms with van der Waals surface area (Å²) >= 11 is 1.17. The van der Waals surface area contributed by atoms with E-state index in [2.05, 4.69) is 10.3 Å². The maximum atomic E-state index is 12.6. The van der Waals surface area contributed by atoms with E-state index in [0.717, 1.165) is 11.3 Å². The van der Waals surface area contributed by atoms with E-state index in [4.69, 9.17) is 16.1 Å². The van der Waals surface area contributed by atoms with E-state index in [1.807, 2.05) is 18.2 Å². The first kappa shape index (κ1) is 16.6. The van der Waals surface area contributed by atoms with E-state index in [1.54, 1.807) is 36.4 Å². The summed E-state index contributed by atoms with van der Waals surface area (Å²) in [7, 11) is 0. The number of nitrogens with one attached hydrogen (secondary N) is 1. The zero-order valence-corrected chi connectivity index (χ0v) is 13.9. The van der Waals surface area contributed by atoms with Crippen LogP contribution in [0.4, 0.5) is 16.6 Å². The van der Waals surface area contributed by atoms with Crippen LogP contribution < -0.4 is 11.1 Å². The van der Waals surface area contributed by atoms with Crippen molar-refractivity contribution in [1.29, 1.82) is 5.26 Å². The number of hydrogen-bond donors (Lipinski definition) is 3. The van der Waals surface area contributed by atoms with Crippen molar-refractivity contribution < 1.29 is 9.90 Å². The van der Waals surface area contributed by atoms with E-state index in [-0.39, 0.29) is 18.2 Å². The number of benzene rings is 2. The number of nitrogens with two attached hydrogens (primary N) is 1. The van der Waals surface area contributed by atoms with Crippen molar-refractivity contribution >= 4 is 33.8 Å². The molecule has 1 heterocycles. The SMILES string of the molecule is N#Cc1ccc(C(=O)c2sc(Nc3ccc(CO)cc3)nc2N)cc1. The molecule has 6 nitrogen and oxygen atoms in total.